The van der Waals surface area contributed by atoms with Crippen LogP contribution in [0.15, 0.2) is 11.6 Å². The van der Waals surface area contributed by atoms with Crippen molar-refractivity contribution in [2.75, 3.05) is 0 Å². The first-order valence-corrected chi connectivity index (χ1v) is 4.36. The summed E-state index contributed by atoms with van der Waals surface area (Å²) < 4.78 is 0. The molecular formula is C10H18. The van der Waals surface area contributed by atoms with E-state index in [1.807, 2.05) is 0 Å². The first-order valence-electron chi connectivity index (χ1n) is 4.36. The maximum atomic E-state index is 2.41. The van der Waals surface area contributed by atoms with Gasteiger partial charge in [0.15, 0.2) is 0 Å². The molecule has 0 saturated heterocycles. The third kappa shape index (κ3) is 1.42. The van der Waals surface area contributed by atoms with Crippen LogP contribution < -0.4 is 0 Å². The van der Waals surface area contributed by atoms with Crippen LogP contribution in [-0.2, 0) is 0 Å². The molecule has 0 aromatic carbocycles. The molecule has 0 amide bonds. The Labute approximate surface area is 64.3 Å². The minimum atomic E-state index is 0.524. The van der Waals surface area contributed by atoms with E-state index in [1.54, 1.807) is 5.57 Å². The Kier molecular flexibility index (Phi) is 2.18. The Bertz CT molecular complexity index is 140. The molecule has 0 nitrogen and oxygen atoms in total. The van der Waals surface area contributed by atoms with E-state index < -0.39 is 0 Å². The Hall–Kier alpha value is -0.260. The second kappa shape index (κ2) is 2.77. The molecule has 1 rings (SSSR count). The molecule has 10 heavy (non-hydrogen) atoms. The average Bonchev–Trinajstić information content (AvgIpc) is 2.13. The molecule has 0 aromatic heterocycles. The van der Waals surface area contributed by atoms with Gasteiger partial charge in [0, 0.05) is 0 Å². The summed E-state index contributed by atoms with van der Waals surface area (Å²) in [5, 5.41) is 0. The topological polar surface area (TPSA) is 0 Å². The zero-order chi connectivity index (χ0) is 7.61. The van der Waals surface area contributed by atoms with Crippen LogP contribution in [0.25, 0.3) is 0 Å². The zero-order valence-electron chi connectivity index (χ0n) is 7.41. The van der Waals surface area contributed by atoms with E-state index >= 15 is 0 Å². The summed E-state index contributed by atoms with van der Waals surface area (Å²) in [7, 11) is 0. The molecule has 0 spiro atoms. The molecule has 0 atom stereocenters. The minimum absolute atomic E-state index is 0.524. The van der Waals surface area contributed by atoms with Crippen molar-refractivity contribution in [2.24, 2.45) is 5.41 Å². The quantitative estimate of drug-likeness (QED) is 0.486. The maximum Gasteiger partial charge on any atom is -0.0145 e. The van der Waals surface area contributed by atoms with Crippen molar-refractivity contribution < 1.29 is 0 Å². The van der Waals surface area contributed by atoms with Gasteiger partial charge in [0.25, 0.3) is 0 Å². The predicted octanol–water partition coefficient (Wildman–Crippen LogP) is 3.53. The van der Waals surface area contributed by atoms with Gasteiger partial charge in [0.2, 0.25) is 0 Å². The van der Waals surface area contributed by atoms with E-state index in [-0.39, 0.29) is 0 Å². The summed E-state index contributed by atoms with van der Waals surface area (Å²) in [5.74, 6) is 0. The highest BCUT2D eigenvalue weighted by molar-refractivity contribution is 5.15. The highest BCUT2D eigenvalue weighted by Crippen LogP contribution is 2.41. The van der Waals surface area contributed by atoms with Gasteiger partial charge in [-0.25, -0.2) is 0 Å². The van der Waals surface area contributed by atoms with Crippen LogP contribution in [-0.4, -0.2) is 0 Å². The predicted molar refractivity (Wildman–Crippen MR) is 46.0 cm³/mol. The normalized spacial score (nSPS) is 27.7. The van der Waals surface area contributed by atoms with E-state index in [2.05, 4.69) is 26.8 Å². The SMILES string of the molecule is CC/C=C1/CCCC1(C)C. The summed E-state index contributed by atoms with van der Waals surface area (Å²) in [6.45, 7) is 6.95. The molecule has 58 valence electrons. The minimum Gasteiger partial charge on any atom is -0.0851 e. The van der Waals surface area contributed by atoms with Crippen LogP contribution in [0.4, 0.5) is 0 Å². The monoisotopic (exact) mass is 138 g/mol. The van der Waals surface area contributed by atoms with Crippen LogP contribution in [0, 0.1) is 5.41 Å². The lowest BCUT2D eigenvalue weighted by Gasteiger charge is -2.19. The second-order valence-corrected chi connectivity index (χ2v) is 3.88. The van der Waals surface area contributed by atoms with Crippen LogP contribution in [0.2, 0.25) is 0 Å². The second-order valence-electron chi connectivity index (χ2n) is 3.88. The number of rotatable bonds is 1. The Morgan fingerprint density at radius 1 is 1.50 bits per heavy atom. The van der Waals surface area contributed by atoms with Crippen LogP contribution in [0.3, 0.4) is 0 Å². The Morgan fingerprint density at radius 3 is 2.60 bits per heavy atom. The number of allylic oxidation sites excluding steroid dienone is 2. The first-order chi connectivity index (χ1) is 4.67. The maximum absolute atomic E-state index is 2.41. The lowest BCUT2D eigenvalue weighted by molar-refractivity contribution is 0.460. The van der Waals surface area contributed by atoms with Gasteiger partial charge < -0.3 is 0 Å². The van der Waals surface area contributed by atoms with Gasteiger partial charge in [-0.2, -0.15) is 0 Å². The van der Waals surface area contributed by atoms with Gasteiger partial charge in [-0.3, -0.25) is 0 Å². The summed E-state index contributed by atoms with van der Waals surface area (Å²) >= 11 is 0. The van der Waals surface area contributed by atoms with Crippen molar-refractivity contribution in [3.8, 4) is 0 Å². The van der Waals surface area contributed by atoms with E-state index in [0.29, 0.717) is 5.41 Å². The molecular weight excluding hydrogens is 120 g/mol. The van der Waals surface area contributed by atoms with Crippen LogP contribution in [0.5, 0.6) is 0 Å². The molecule has 0 N–H and O–H groups in total. The molecule has 0 bridgehead atoms. The number of hydrogen-bond acceptors (Lipinski definition) is 0. The van der Waals surface area contributed by atoms with Crippen molar-refractivity contribution in [1.82, 2.24) is 0 Å². The van der Waals surface area contributed by atoms with E-state index in [9.17, 15) is 0 Å². The molecule has 1 saturated carbocycles. The summed E-state index contributed by atoms with van der Waals surface area (Å²) in [4.78, 5) is 0. The lowest BCUT2D eigenvalue weighted by Crippen LogP contribution is -2.06. The molecule has 0 aliphatic heterocycles. The van der Waals surface area contributed by atoms with E-state index in [4.69, 9.17) is 0 Å². The third-order valence-corrected chi connectivity index (χ3v) is 2.57. The molecule has 0 unspecified atom stereocenters. The fraction of sp³-hybridized carbons (Fsp3) is 0.800. The molecule has 0 heterocycles. The molecule has 1 aliphatic rings. The molecule has 0 heteroatoms. The van der Waals surface area contributed by atoms with Gasteiger partial charge in [-0.1, -0.05) is 32.4 Å². The molecule has 1 aliphatic carbocycles. The summed E-state index contributed by atoms with van der Waals surface area (Å²) in [6, 6.07) is 0. The van der Waals surface area contributed by atoms with Gasteiger partial charge in [-0.05, 0) is 31.1 Å². The standard InChI is InChI=1S/C10H18/c1-4-6-9-7-5-8-10(9,2)3/h6H,4-5,7-8H2,1-3H3/b9-6-. The van der Waals surface area contributed by atoms with Gasteiger partial charge in [0.05, 0.1) is 0 Å². The molecule has 0 radical (unpaired) electrons. The zero-order valence-corrected chi connectivity index (χ0v) is 7.41. The average molecular weight is 138 g/mol. The highest BCUT2D eigenvalue weighted by atomic mass is 14.3. The van der Waals surface area contributed by atoms with Crippen molar-refractivity contribution in [3.05, 3.63) is 11.6 Å². The van der Waals surface area contributed by atoms with Crippen molar-refractivity contribution in [1.29, 1.82) is 0 Å². The van der Waals surface area contributed by atoms with Crippen LogP contribution >= 0.6 is 0 Å². The lowest BCUT2D eigenvalue weighted by atomic mass is 9.87. The van der Waals surface area contributed by atoms with Gasteiger partial charge in [0.1, 0.15) is 0 Å². The van der Waals surface area contributed by atoms with Crippen molar-refractivity contribution in [3.63, 3.8) is 0 Å². The fourth-order valence-corrected chi connectivity index (χ4v) is 1.84. The van der Waals surface area contributed by atoms with E-state index in [1.165, 1.54) is 25.7 Å². The summed E-state index contributed by atoms with van der Waals surface area (Å²) in [6.07, 6.45) is 7.75. The van der Waals surface area contributed by atoms with Crippen LogP contribution in [0.1, 0.15) is 46.5 Å². The first kappa shape index (κ1) is 7.84. The molecule has 0 aromatic rings. The largest absolute Gasteiger partial charge is 0.0851 e. The Balaban J connectivity index is 2.68. The summed E-state index contributed by atoms with van der Waals surface area (Å²) in [5.41, 5.74) is 2.21. The fourth-order valence-electron chi connectivity index (χ4n) is 1.84. The Morgan fingerprint density at radius 2 is 2.20 bits per heavy atom. The smallest absolute Gasteiger partial charge is 0.0145 e. The van der Waals surface area contributed by atoms with Gasteiger partial charge in [-0.15, -0.1) is 0 Å². The molecule has 1 fully saturated rings. The van der Waals surface area contributed by atoms with Crippen molar-refractivity contribution >= 4 is 0 Å². The van der Waals surface area contributed by atoms with E-state index in [0.717, 1.165) is 0 Å². The highest BCUT2D eigenvalue weighted by Gasteiger charge is 2.27. The van der Waals surface area contributed by atoms with Crippen molar-refractivity contribution in [2.45, 2.75) is 46.5 Å². The number of hydrogen-bond donors (Lipinski definition) is 0. The third-order valence-electron chi connectivity index (χ3n) is 2.57. The van der Waals surface area contributed by atoms with Gasteiger partial charge >= 0.3 is 0 Å².